The molecule has 0 bridgehead atoms. The molecule has 0 radical (unpaired) electrons. The minimum Gasteiger partial charge on any atom is -0.191 e. The fraction of sp³-hybridized carbons (Fsp3) is 0.320. The summed E-state index contributed by atoms with van der Waals surface area (Å²) in [6, 6.07) is 97.8. The Labute approximate surface area is 838 Å². The Morgan fingerprint density at radius 3 is 1.42 bits per heavy atom. The number of pyridine rings is 5. The second-order valence-electron chi connectivity index (χ2n) is 29.8. The quantitative estimate of drug-likeness (QED) is 0.0863. The van der Waals surface area contributed by atoms with Gasteiger partial charge < -0.3 is 4.57 Å². The molecule has 720 valence electrons. The standard InChI is InChI=1S/C19H15AsNO.C19H15AsN.C19H15BN.C19H15NOP.C19H15NP.15C2H6/c1-13-9-10-15-14-6-2-3-7-17(14)20(22)18-8-4-5-11-21(18)12-16(13)19(15)20;2*1-13-9-10-15-14-6-2-3-7-17(14)20-18-8-4-5-11-21(18)12-16(13)19(15)20;1-13-9-10-15-14-6-2-3-7-17(14)22(21)18-8-4-5-11-20(18)12-16(13)19(15)22;1-13-9-10-15-14-6-2-3-7-17(14)21-18-8-4-5-11-20(18)12-16(13)19(15)21;15*1-2/h2-11H,12H2,1H3;2*2-11H,12H2,1H3;2-11H,12H2,1H3;2-11H,12H2,1H3;15*1-2H3/q5*+1;;;;;;;;;;;;;;;. The number of fused-ring (bicyclic) bond motifs is 25. The normalized spacial score (nSPS) is 14.0. The second kappa shape index (κ2) is 56.5. The predicted molar refractivity (Wildman–Crippen MR) is 610 cm³/mol. The molecule has 0 saturated carbocycles. The summed E-state index contributed by atoms with van der Waals surface area (Å²) in [5.41, 5.74) is 31.2. The van der Waals surface area contributed by atoms with Crippen LogP contribution in [0.1, 0.15) is 263 Å². The van der Waals surface area contributed by atoms with Crippen LogP contribution >= 0.6 is 14.7 Å². The molecule has 15 heterocycles. The van der Waals surface area contributed by atoms with Crippen LogP contribution in [-0.2, 0) is 41.0 Å². The van der Waals surface area contributed by atoms with Crippen LogP contribution in [0.3, 0.4) is 0 Å². The van der Waals surface area contributed by atoms with Crippen LogP contribution in [-0.4, -0.2) is 34.9 Å². The van der Waals surface area contributed by atoms with E-state index < -0.39 is 35.3 Å². The molecule has 12 heteroatoms. The van der Waals surface area contributed by atoms with Crippen LogP contribution in [0.5, 0.6) is 0 Å². The third-order valence-corrected chi connectivity index (χ3v) is 42.7. The molecule has 16 aromatic rings. The van der Waals surface area contributed by atoms with Gasteiger partial charge in [0, 0.05) is 67.9 Å². The van der Waals surface area contributed by atoms with Crippen LogP contribution in [0.15, 0.2) is 304 Å². The van der Waals surface area contributed by atoms with E-state index in [1.807, 2.05) is 275 Å². The van der Waals surface area contributed by atoms with Crippen molar-refractivity contribution < 1.29 is 31.1 Å². The number of nitrogens with zero attached hydrogens (tertiary/aromatic N) is 5. The van der Waals surface area contributed by atoms with Crippen molar-refractivity contribution in [2.24, 2.45) is 0 Å². The minimum absolute atomic E-state index is 0.378. The molecular weight excluding hydrogens is 1830 g/mol. The first-order valence-electron chi connectivity index (χ1n) is 52.3. The second-order valence-corrected chi connectivity index (χ2v) is 44.3. The van der Waals surface area contributed by atoms with Crippen LogP contribution in [0, 0.1) is 34.6 Å². The van der Waals surface area contributed by atoms with Gasteiger partial charge in [-0.2, -0.15) is 9.13 Å². The zero-order chi connectivity index (χ0) is 102. The van der Waals surface area contributed by atoms with Crippen LogP contribution in [0.25, 0.3) is 71.0 Å². The zero-order valence-corrected chi connectivity index (χ0v) is 95.9. The number of rotatable bonds is 0. The summed E-state index contributed by atoms with van der Waals surface area (Å²) >= 11 is -4.88. The molecule has 4 atom stereocenters. The molecule has 7 nitrogen and oxygen atoms in total. The number of benzene rings is 10. The van der Waals surface area contributed by atoms with Gasteiger partial charge in [0.15, 0.2) is 38.2 Å². The molecule has 0 saturated heterocycles. The Hall–Kier alpha value is -10.5. The molecule has 0 spiro atoms. The van der Waals surface area contributed by atoms with E-state index in [1.165, 1.54) is 110 Å². The van der Waals surface area contributed by atoms with Crippen molar-refractivity contribution >= 4 is 129 Å². The molecule has 9 aliphatic heterocycles. The summed E-state index contributed by atoms with van der Waals surface area (Å²) in [6.07, 6.45) is 10.8. The average Bonchev–Trinajstić information content (AvgIpc) is 1.53. The van der Waals surface area contributed by atoms with E-state index in [1.54, 1.807) is 34.9 Å². The predicted octanol–water partition coefficient (Wildman–Crippen LogP) is 25.9. The fourth-order valence-corrected chi connectivity index (χ4v) is 39.2. The van der Waals surface area contributed by atoms with Crippen LogP contribution < -0.4 is 81.8 Å². The summed E-state index contributed by atoms with van der Waals surface area (Å²) in [5.74, 6) is 0. The van der Waals surface area contributed by atoms with Crippen LogP contribution in [0.2, 0.25) is 0 Å². The van der Waals surface area contributed by atoms with E-state index in [0.29, 0.717) is 6.71 Å². The molecule has 9 aliphatic rings. The van der Waals surface area contributed by atoms with Crippen molar-refractivity contribution in [2.45, 2.75) is 275 Å². The van der Waals surface area contributed by atoms with Crippen molar-refractivity contribution in [3.05, 3.63) is 360 Å². The van der Waals surface area contributed by atoms with Gasteiger partial charge in [-0.05, 0) is 108 Å². The molecule has 25 rings (SSSR count). The number of aromatic nitrogens is 5. The van der Waals surface area contributed by atoms with E-state index in [9.17, 15) is 8.30 Å². The smallest absolute Gasteiger partial charge is 0.191 e. The molecule has 4 unspecified atom stereocenters. The van der Waals surface area contributed by atoms with Gasteiger partial charge in [0.05, 0.1) is 0 Å². The van der Waals surface area contributed by atoms with E-state index in [2.05, 4.69) is 295 Å². The Kier molecular flexibility index (Phi) is 47.5. The number of hydrogen-bond donors (Lipinski definition) is 0. The third kappa shape index (κ3) is 21.8. The van der Waals surface area contributed by atoms with E-state index in [4.69, 9.17) is 0 Å². The summed E-state index contributed by atoms with van der Waals surface area (Å²) in [7, 11) is -3.11. The van der Waals surface area contributed by atoms with Gasteiger partial charge in [-0.3, -0.25) is 0 Å². The third-order valence-electron chi connectivity index (χ3n) is 24.2. The summed E-state index contributed by atoms with van der Waals surface area (Å²) in [4.78, 5) is 0. The first kappa shape index (κ1) is 115. The molecule has 6 aromatic heterocycles. The van der Waals surface area contributed by atoms with Crippen molar-refractivity contribution in [3.8, 4) is 49.9 Å². The van der Waals surface area contributed by atoms with E-state index in [-0.39, 0.29) is 7.53 Å². The molecule has 137 heavy (non-hydrogen) atoms. The Balaban J connectivity index is 0.000000245. The van der Waals surface area contributed by atoms with Gasteiger partial charge >= 0.3 is 267 Å². The minimum atomic E-state index is -3.53. The van der Waals surface area contributed by atoms with Crippen LogP contribution in [0.4, 0.5) is 0 Å². The first-order valence-corrected chi connectivity index (χ1v) is 61.8. The number of aryl methyl sites for hydroxylation is 5. The summed E-state index contributed by atoms with van der Waals surface area (Å²) in [5, 5.41) is 8.12. The molecule has 0 aliphatic carbocycles. The van der Waals surface area contributed by atoms with E-state index in [0.717, 1.165) is 73.1 Å². The maximum absolute atomic E-state index is 14.3. The first-order chi connectivity index (χ1) is 67.4. The van der Waals surface area contributed by atoms with Crippen molar-refractivity contribution in [1.82, 2.24) is 0 Å². The molecular formula is C125H165As2BN5O2P2+5. The zero-order valence-electron chi connectivity index (χ0n) is 90.3. The molecule has 0 fully saturated rings. The average molecular weight is 1990 g/mol. The number of hydrogen-bond acceptors (Lipinski definition) is 2. The van der Waals surface area contributed by atoms with Gasteiger partial charge in [0.1, 0.15) is 5.59 Å². The van der Waals surface area contributed by atoms with Crippen molar-refractivity contribution in [3.63, 3.8) is 0 Å². The van der Waals surface area contributed by atoms with Crippen molar-refractivity contribution in [2.75, 3.05) is 0 Å². The van der Waals surface area contributed by atoms with Gasteiger partial charge in [-0.15, -0.1) is 0 Å². The summed E-state index contributed by atoms with van der Waals surface area (Å²) in [6.45, 7) is 76.1. The maximum Gasteiger partial charge on any atom is 0.227 e. The Morgan fingerprint density at radius 2 is 0.759 bits per heavy atom. The van der Waals surface area contributed by atoms with Gasteiger partial charge in [-0.25, -0.2) is 4.57 Å². The Morgan fingerprint density at radius 1 is 0.321 bits per heavy atom. The fourth-order valence-electron chi connectivity index (χ4n) is 19.2. The van der Waals surface area contributed by atoms with Gasteiger partial charge in [0.2, 0.25) is 18.0 Å². The van der Waals surface area contributed by atoms with E-state index >= 15 is 0 Å². The maximum atomic E-state index is 14.3. The van der Waals surface area contributed by atoms with Gasteiger partial charge in [0.25, 0.3) is 0 Å². The molecule has 0 amide bonds. The topological polar surface area (TPSA) is 53.5 Å². The Bertz CT molecular complexity index is 6390. The molecule has 0 N–H and O–H groups in total. The SMILES string of the molecule is CC.CC.CC.CC.CC.CC.CC.CC.CC.CC.CC.CC.CC.CC.CC.Cc1ccc2c3c1C[n+]1ccccc1B3c1ccccc1-2.Cc1ccc2c3c1C[n+]1ccccc1P3(=O)c1ccccc1-2.Cc1ccc2c3c1C[n+]1ccccc1[As]3(=O)c1ccccc1-2.Cc1ccc2c3c1C[n+]1ccccc1[As]3c1ccccc1-2.Cc1ccc2c3ccccc3p3c2c1C[n+]1ccccc1-3. The molecule has 10 aromatic carbocycles. The van der Waals surface area contributed by atoms with Crippen molar-refractivity contribution in [1.29, 1.82) is 0 Å². The largest absolute Gasteiger partial charge is 0.227 e. The monoisotopic (exact) mass is 1990 g/mol. The van der Waals surface area contributed by atoms with Gasteiger partial charge in [-0.1, -0.05) is 322 Å². The summed E-state index contributed by atoms with van der Waals surface area (Å²) < 4.78 is 48.3.